The molecule has 5 nitrogen and oxygen atoms in total. The van der Waals surface area contributed by atoms with Gasteiger partial charge in [0, 0.05) is 6.04 Å². The molecular weight excluding hydrogens is 230 g/mol. The zero-order valence-electron chi connectivity index (χ0n) is 10.3. The van der Waals surface area contributed by atoms with Gasteiger partial charge in [-0.3, -0.25) is 4.79 Å². The van der Waals surface area contributed by atoms with Crippen molar-refractivity contribution in [2.45, 2.75) is 38.5 Å². The third-order valence-electron chi connectivity index (χ3n) is 2.62. The minimum atomic E-state index is -3.25. The van der Waals surface area contributed by atoms with E-state index in [-0.39, 0.29) is 18.2 Å². The van der Waals surface area contributed by atoms with Crippen molar-refractivity contribution < 1.29 is 17.9 Å². The summed E-state index contributed by atoms with van der Waals surface area (Å²) >= 11 is 0. The Balaban J connectivity index is 4.37. The number of ether oxygens (including phenoxy) is 1. The number of nitrogens with one attached hydrogen (secondary N) is 1. The second-order valence-corrected chi connectivity index (χ2v) is 6.22. The molecule has 1 N–H and O–H groups in total. The Morgan fingerprint density at radius 2 is 1.94 bits per heavy atom. The number of rotatable bonds is 7. The van der Waals surface area contributed by atoms with Gasteiger partial charge in [-0.05, 0) is 20.4 Å². The quantitative estimate of drug-likeness (QED) is 0.661. The normalized spacial score (nSPS) is 15.5. The Bertz CT molecular complexity index is 313. The molecule has 0 aliphatic heterocycles. The van der Waals surface area contributed by atoms with Crippen LogP contribution in [0.2, 0.25) is 0 Å². The van der Waals surface area contributed by atoms with Crippen molar-refractivity contribution in [3.63, 3.8) is 0 Å². The van der Waals surface area contributed by atoms with E-state index in [1.54, 1.807) is 6.92 Å². The van der Waals surface area contributed by atoms with Gasteiger partial charge < -0.3 is 10.1 Å². The number of esters is 1. The molecule has 0 bridgehead atoms. The molecule has 0 aromatic carbocycles. The van der Waals surface area contributed by atoms with Crippen LogP contribution in [0.3, 0.4) is 0 Å². The molecule has 16 heavy (non-hydrogen) atoms. The van der Waals surface area contributed by atoms with E-state index in [1.807, 2.05) is 13.8 Å². The summed E-state index contributed by atoms with van der Waals surface area (Å²) in [6.07, 6.45) is -0.0813. The molecule has 0 aromatic heterocycles. The summed E-state index contributed by atoms with van der Waals surface area (Å²) in [6.45, 7) is 6.12. The van der Waals surface area contributed by atoms with Crippen LogP contribution in [0.5, 0.6) is 0 Å². The van der Waals surface area contributed by atoms with Gasteiger partial charge in [-0.1, -0.05) is 6.92 Å². The van der Waals surface area contributed by atoms with E-state index in [0.717, 1.165) is 6.54 Å². The molecule has 0 saturated carbocycles. The molecule has 0 aliphatic rings. The minimum absolute atomic E-state index is 0.0813. The Labute approximate surface area is 97.5 Å². The average Bonchev–Trinajstić information content (AvgIpc) is 2.25. The standard InChI is InChI=1S/C10H21NO4S/c1-5-11-8(2)9(3)16(13,14)7-6-10(12)15-4/h8-9,11H,5-7H2,1-4H3. The molecule has 0 saturated heterocycles. The third-order valence-corrected chi connectivity index (χ3v) is 4.93. The zero-order valence-corrected chi connectivity index (χ0v) is 11.1. The summed E-state index contributed by atoms with van der Waals surface area (Å²) < 4.78 is 28.1. The first-order chi connectivity index (χ1) is 7.35. The first kappa shape index (κ1) is 15.4. The predicted molar refractivity (Wildman–Crippen MR) is 63.0 cm³/mol. The van der Waals surface area contributed by atoms with Gasteiger partial charge in [0.15, 0.2) is 9.84 Å². The van der Waals surface area contributed by atoms with Crippen LogP contribution in [0.15, 0.2) is 0 Å². The van der Waals surface area contributed by atoms with E-state index >= 15 is 0 Å². The van der Waals surface area contributed by atoms with Crippen molar-refractivity contribution in [2.75, 3.05) is 19.4 Å². The average molecular weight is 251 g/mol. The molecule has 0 aliphatic carbocycles. The monoisotopic (exact) mass is 251 g/mol. The van der Waals surface area contributed by atoms with E-state index in [9.17, 15) is 13.2 Å². The number of hydrogen-bond donors (Lipinski definition) is 1. The van der Waals surface area contributed by atoms with Crippen LogP contribution < -0.4 is 5.32 Å². The number of carbonyl (C=O) groups is 1. The van der Waals surface area contributed by atoms with Gasteiger partial charge in [-0.2, -0.15) is 0 Å². The largest absolute Gasteiger partial charge is 0.469 e. The van der Waals surface area contributed by atoms with Gasteiger partial charge >= 0.3 is 5.97 Å². The fourth-order valence-electron chi connectivity index (χ4n) is 1.31. The Hall–Kier alpha value is -0.620. The van der Waals surface area contributed by atoms with Crippen LogP contribution in [-0.4, -0.2) is 45.1 Å². The lowest BCUT2D eigenvalue weighted by Crippen LogP contribution is -2.41. The highest BCUT2D eigenvalue weighted by atomic mass is 32.2. The third kappa shape index (κ3) is 4.94. The van der Waals surface area contributed by atoms with E-state index in [0.29, 0.717) is 0 Å². The molecule has 0 radical (unpaired) electrons. The minimum Gasteiger partial charge on any atom is -0.469 e. The van der Waals surface area contributed by atoms with Crippen LogP contribution in [0.25, 0.3) is 0 Å². The van der Waals surface area contributed by atoms with Crippen LogP contribution in [-0.2, 0) is 19.4 Å². The summed E-state index contributed by atoms with van der Waals surface area (Å²) in [7, 11) is -2.00. The van der Waals surface area contributed by atoms with E-state index in [2.05, 4.69) is 10.1 Å². The highest BCUT2D eigenvalue weighted by Gasteiger charge is 2.26. The molecule has 0 heterocycles. The van der Waals surface area contributed by atoms with Gasteiger partial charge in [0.05, 0.1) is 24.5 Å². The van der Waals surface area contributed by atoms with E-state index in [1.165, 1.54) is 7.11 Å². The molecule has 0 fully saturated rings. The first-order valence-corrected chi connectivity index (χ1v) is 7.08. The molecule has 0 spiro atoms. The maximum Gasteiger partial charge on any atom is 0.306 e. The maximum atomic E-state index is 11.8. The molecular formula is C10H21NO4S. The van der Waals surface area contributed by atoms with Crippen LogP contribution in [0, 0.1) is 0 Å². The van der Waals surface area contributed by atoms with Crippen LogP contribution in [0.1, 0.15) is 27.2 Å². The summed E-state index contributed by atoms with van der Waals surface area (Å²) in [4.78, 5) is 10.9. The smallest absolute Gasteiger partial charge is 0.306 e. The van der Waals surface area contributed by atoms with Crippen LogP contribution >= 0.6 is 0 Å². The Kier molecular flexibility index (Phi) is 6.59. The van der Waals surface area contributed by atoms with Crippen LogP contribution in [0.4, 0.5) is 0 Å². The number of carbonyl (C=O) groups excluding carboxylic acids is 1. The summed E-state index contributed by atoms with van der Waals surface area (Å²) in [6, 6.07) is -0.118. The highest BCUT2D eigenvalue weighted by Crippen LogP contribution is 2.08. The van der Waals surface area contributed by atoms with Gasteiger partial charge in [0.1, 0.15) is 0 Å². The lowest BCUT2D eigenvalue weighted by Gasteiger charge is -2.20. The second-order valence-electron chi connectivity index (χ2n) is 3.74. The van der Waals surface area contributed by atoms with Gasteiger partial charge in [0.25, 0.3) is 0 Å². The zero-order chi connectivity index (χ0) is 12.8. The van der Waals surface area contributed by atoms with Crippen molar-refractivity contribution in [3.8, 4) is 0 Å². The molecule has 2 unspecified atom stereocenters. The first-order valence-electron chi connectivity index (χ1n) is 5.37. The van der Waals surface area contributed by atoms with Gasteiger partial charge in [0.2, 0.25) is 0 Å². The Morgan fingerprint density at radius 3 is 2.38 bits per heavy atom. The van der Waals surface area contributed by atoms with Gasteiger partial charge in [-0.25, -0.2) is 8.42 Å². The summed E-state index contributed by atoms with van der Waals surface area (Å²) in [5, 5.41) is 2.55. The van der Waals surface area contributed by atoms with Gasteiger partial charge in [-0.15, -0.1) is 0 Å². The second kappa shape index (κ2) is 6.85. The number of hydrogen-bond acceptors (Lipinski definition) is 5. The highest BCUT2D eigenvalue weighted by molar-refractivity contribution is 7.92. The fraction of sp³-hybridized carbons (Fsp3) is 0.900. The van der Waals surface area contributed by atoms with Crippen molar-refractivity contribution in [2.24, 2.45) is 0 Å². The predicted octanol–water partition coefficient (Wildman–Crippen LogP) is 0.351. The van der Waals surface area contributed by atoms with Crippen molar-refractivity contribution in [1.82, 2.24) is 5.32 Å². The molecule has 96 valence electrons. The molecule has 6 heteroatoms. The molecule has 0 amide bonds. The topological polar surface area (TPSA) is 72.5 Å². The van der Waals surface area contributed by atoms with E-state index < -0.39 is 21.1 Å². The lowest BCUT2D eigenvalue weighted by atomic mass is 10.2. The fourth-order valence-corrected chi connectivity index (χ4v) is 2.85. The number of methoxy groups -OCH3 is 1. The van der Waals surface area contributed by atoms with Crippen molar-refractivity contribution in [1.29, 1.82) is 0 Å². The molecule has 2 atom stereocenters. The summed E-state index contributed by atoms with van der Waals surface area (Å²) in [5.74, 6) is -0.650. The molecule has 0 aromatic rings. The maximum absolute atomic E-state index is 11.8. The lowest BCUT2D eigenvalue weighted by molar-refractivity contribution is -0.140. The SMILES string of the molecule is CCNC(C)C(C)S(=O)(=O)CCC(=O)OC. The Morgan fingerprint density at radius 1 is 1.38 bits per heavy atom. The van der Waals surface area contributed by atoms with E-state index in [4.69, 9.17) is 0 Å². The molecule has 0 rings (SSSR count). The number of sulfone groups is 1. The van der Waals surface area contributed by atoms with Crippen molar-refractivity contribution >= 4 is 15.8 Å². The summed E-state index contributed by atoms with van der Waals surface area (Å²) in [5.41, 5.74) is 0. The van der Waals surface area contributed by atoms with Crippen molar-refractivity contribution in [3.05, 3.63) is 0 Å².